The van der Waals surface area contributed by atoms with E-state index in [2.05, 4.69) is 35.4 Å². The highest BCUT2D eigenvalue weighted by molar-refractivity contribution is 8.01. The lowest BCUT2D eigenvalue weighted by atomic mass is 9.69. The van der Waals surface area contributed by atoms with Crippen LogP contribution in [-0.4, -0.2) is 34.8 Å². The van der Waals surface area contributed by atoms with Gasteiger partial charge in [-0.05, 0) is 47.9 Å². The molecule has 3 aromatic rings. The number of rotatable bonds is 7. The Kier molecular flexibility index (Phi) is 7.72. The highest BCUT2D eigenvalue weighted by atomic mass is 32.2. The Hall–Kier alpha value is -3.66. The lowest BCUT2D eigenvalue weighted by Gasteiger charge is -2.42. The highest BCUT2D eigenvalue weighted by Gasteiger charge is 2.46. The van der Waals surface area contributed by atoms with Crippen LogP contribution in [0.3, 0.4) is 0 Å². The Morgan fingerprint density at radius 2 is 2.08 bits per heavy atom. The van der Waals surface area contributed by atoms with Gasteiger partial charge < -0.3 is 15.8 Å². The molecular weight excluding hydrogens is 565 g/mol. The Balaban J connectivity index is 1.45. The standard InChI is InChI=1S/C28H28N6O3S3/c1-15-9-10-38-24(15)22-16(13-29)25(30)34(18-11-28(2,3)12-19(35)23(18)22)26-32-33-27(40-26)39-14-21(36)31-17-7-5-6-8-20(17)37-4/h5-10,22H,11-12,14,30H2,1-4H3,(H,31,36). The number of thioether (sulfide) groups is 1. The molecule has 1 unspecified atom stereocenters. The quantitative estimate of drug-likeness (QED) is 0.337. The Morgan fingerprint density at radius 1 is 1.30 bits per heavy atom. The molecule has 2 aliphatic rings. The maximum absolute atomic E-state index is 13.6. The van der Waals surface area contributed by atoms with Crippen LogP contribution in [-0.2, 0) is 9.59 Å². The van der Waals surface area contributed by atoms with E-state index in [1.54, 1.807) is 24.1 Å². The molecule has 0 saturated heterocycles. The maximum atomic E-state index is 13.6. The van der Waals surface area contributed by atoms with E-state index in [9.17, 15) is 14.9 Å². The maximum Gasteiger partial charge on any atom is 0.234 e. The number of nitrogens with zero attached hydrogens (tertiary/aromatic N) is 4. The van der Waals surface area contributed by atoms with Gasteiger partial charge in [-0.25, -0.2) is 0 Å². The van der Waals surface area contributed by atoms with Crippen molar-refractivity contribution in [3.63, 3.8) is 0 Å². The van der Waals surface area contributed by atoms with Crippen molar-refractivity contribution in [3.8, 4) is 11.8 Å². The van der Waals surface area contributed by atoms with Crippen molar-refractivity contribution >= 4 is 56.9 Å². The lowest BCUT2D eigenvalue weighted by Crippen LogP contribution is -2.42. The lowest BCUT2D eigenvalue weighted by molar-refractivity contribution is -0.118. The third-order valence-electron chi connectivity index (χ3n) is 6.84. The number of aromatic nitrogens is 2. The first kappa shape index (κ1) is 27.9. The minimum atomic E-state index is -0.500. The summed E-state index contributed by atoms with van der Waals surface area (Å²) in [6.45, 7) is 6.10. The van der Waals surface area contributed by atoms with Crippen molar-refractivity contribution in [2.45, 2.75) is 43.9 Å². The van der Waals surface area contributed by atoms with E-state index in [4.69, 9.17) is 10.5 Å². The van der Waals surface area contributed by atoms with Crippen molar-refractivity contribution in [1.29, 1.82) is 5.26 Å². The van der Waals surface area contributed by atoms with E-state index in [1.165, 1.54) is 34.4 Å². The molecule has 1 aliphatic carbocycles. The largest absolute Gasteiger partial charge is 0.495 e. The van der Waals surface area contributed by atoms with Crippen LogP contribution >= 0.6 is 34.4 Å². The number of para-hydroxylation sites is 2. The number of methoxy groups -OCH3 is 1. The monoisotopic (exact) mass is 592 g/mol. The highest BCUT2D eigenvalue weighted by Crippen LogP contribution is 2.52. The molecule has 1 atom stereocenters. The predicted molar refractivity (Wildman–Crippen MR) is 158 cm³/mol. The predicted octanol–water partition coefficient (Wildman–Crippen LogP) is 5.59. The van der Waals surface area contributed by atoms with E-state index in [-0.39, 0.29) is 28.7 Å². The summed E-state index contributed by atoms with van der Waals surface area (Å²) >= 11 is 4.04. The van der Waals surface area contributed by atoms with Crippen molar-refractivity contribution < 1.29 is 14.3 Å². The topological polar surface area (TPSA) is 134 Å². The van der Waals surface area contributed by atoms with Crippen LogP contribution in [0.4, 0.5) is 10.8 Å². The van der Waals surface area contributed by atoms with Crippen LogP contribution in [0.25, 0.3) is 0 Å². The van der Waals surface area contributed by atoms with E-state index in [0.717, 1.165) is 16.1 Å². The van der Waals surface area contributed by atoms with E-state index >= 15 is 0 Å². The number of Topliss-reactive ketones (excluding diaryl/α,β-unsaturated/α-hetero) is 1. The molecule has 0 spiro atoms. The number of anilines is 2. The van der Waals surface area contributed by atoms with Gasteiger partial charge in [-0.15, -0.1) is 21.5 Å². The van der Waals surface area contributed by atoms with Crippen LogP contribution in [0.5, 0.6) is 5.75 Å². The Bertz CT molecular complexity index is 1600. The number of ether oxygens (including phenoxy) is 1. The first-order chi connectivity index (χ1) is 19.1. The number of nitriles is 1. The molecule has 40 heavy (non-hydrogen) atoms. The van der Waals surface area contributed by atoms with Gasteiger partial charge >= 0.3 is 0 Å². The summed E-state index contributed by atoms with van der Waals surface area (Å²) < 4.78 is 5.86. The average molecular weight is 593 g/mol. The number of nitrogens with two attached hydrogens (primary N) is 1. The minimum Gasteiger partial charge on any atom is -0.495 e. The number of hydrogen-bond donors (Lipinski definition) is 2. The van der Waals surface area contributed by atoms with Crippen LogP contribution in [0.15, 0.2) is 62.7 Å². The summed E-state index contributed by atoms with van der Waals surface area (Å²) in [6.07, 6.45) is 0.982. The van der Waals surface area contributed by atoms with Crippen molar-refractivity contribution in [2.24, 2.45) is 11.1 Å². The number of amides is 1. The summed E-state index contributed by atoms with van der Waals surface area (Å²) in [4.78, 5) is 28.9. The number of carbonyl (C=O) groups excluding carboxylic acids is 2. The van der Waals surface area contributed by atoms with Crippen LogP contribution in [0.2, 0.25) is 0 Å². The fraction of sp³-hybridized carbons (Fsp3) is 0.321. The van der Waals surface area contributed by atoms with Crippen LogP contribution < -0.4 is 20.7 Å². The third kappa shape index (κ3) is 5.24. The van der Waals surface area contributed by atoms with E-state index in [0.29, 0.717) is 44.9 Å². The molecule has 3 N–H and O–H groups in total. The Labute approximate surface area is 244 Å². The zero-order valence-electron chi connectivity index (χ0n) is 22.5. The van der Waals surface area contributed by atoms with Crippen molar-refractivity contribution in [1.82, 2.24) is 10.2 Å². The van der Waals surface area contributed by atoms with Gasteiger partial charge in [-0.3, -0.25) is 14.5 Å². The molecule has 12 heteroatoms. The molecule has 0 fully saturated rings. The van der Waals surface area contributed by atoms with Crippen molar-refractivity contribution in [3.05, 3.63) is 68.8 Å². The number of hydrogen-bond acceptors (Lipinski definition) is 11. The summed E-state index contributed by atoms with van der Waals surface area (Å²) in [5.74, 6) is 0.243. The smallest absolute Gasteiger partial charge is 0.234 e. The number of nitrogens with one attached hydrogen (secondary N) is 1. The third-order valence-corrected chi connectivity index (χ3v) is 9.97. The van der Waals surface area contributed by atoms with Crippen molar-refractivity contribution in [2.75, 3.05) is 23.1 Å². The summed E-state index contributed by atoms with van der Waals surface area (Å²) in [5.41, 5.74) is 9.72. The molecule has 3 heterocycles. The molecule has 2 aromatic heterocycles. The van der Waals surface area contributed by atoms with Gasteiger partial charge in [-0.2, -0.15) is 5.26 Å². The molecule has 5 rings (SSSR count). The number of benzene rings is 1. The van der Waals surface area contributed by atoms with Gasteiger partial charge in [0.1, 0.15) is 11.6 Å². The molecule has 1 amide bonds. The molecular formula is C28H28N6O3S3. The minimum absolute atomic E-state index is 0.0152. The Morgan fingerprint density at radius 3 is 2.77 bits per heavy atom. The summed E-state index contributed by atoms with van der Waals surface area (Å²) in [7, 11) is 1.55. The molecule has 0 saturated carbocycles. The van der Waals surface area contributed by atoms with Gasteiger partial charge in [0.05, 0.1) is 36.1 Å². The van der Waals surface area contributed by atoms with Gasteiger partial charge in [0.15, 0.2) is 10.1 Å². The molecule has 0 bridgehead atoms. The summed E-state index contributed by atoms with van der Waals surface area (Å²) in [5, 5.41) is 24.2. The van der Waals surface area contributed by atoms with Crippen LogP contribution in [0, 0.1) is 23.7 Å². The fourth-order valence-corrected chi connectivity index (χ4v) is 7.81. The average Bonchev–Trinajstić information content (AvgIpc) is 3.55. The fourth-order valence-electron chi connectivity index (χ4n) is 5.08. The molecule has 9 nitrogen and oxygen atoms in total. The van der Waals surface area contributed by atoms with Gasteiger partial charge in [0.2, 0.25) is 11.0 Å². The number of allylic oxidation sites excluding steroid dienone is 3. The number of ketones is 1. The molecule has 206 valence electrons. The zero-order chi connectivity index (χ0) is 28.6. The van der Waals surface area contributed by atoms with Crippen LogP contribution in [0.1, 0.15) is 43.0 Å². The first-order valence-corrected chi connectivity index (χ1v) is 15.2. The first-order valence-electron chi connectivity index (χ1n) is 12.5. The molecule has 0 radical (unpaired) electrons. The zero-order valence-corrected chi connectivity index (χ0v) is 24.9. The summed E-state index contributed by atoms with van der Waals surface area (Å²) in [6, 6.07) is 11.5. The second-order valence-electron chi connectivity index (χ2n) is 10.3. The second kappa shape index (κ2) is 11.1. The number of aryl methyl sites for hydroxylation is 1. The molecule has 1 aromatic carbocycles. The SMILES string of the molecule is COc1ccccc1NC(=O)CSc1nnc(N2C(N)=C(C#N)C(c3sccc3C)C3=C2CC(C)(C)CC3=O)s1. The number of thiophene rings is 1. The molecule has 1 aliphatic heterocycles. The second-order valence-corrected chi connectivity index (χ2v) is 13.5. The number of carbonyl (C=O) groups is 2. The van der Waals surface area contributed by atoms with Gasteiger partial charge in [0, 0.05) is 22.6 Å². The van der Waals surface area contributed by atoms with Gasteiger partial charge in [-0.1, -0.05) is 49.1 Å². The van der Waals surface area contributed by atoms with E-state index in [1.807, 2.05) is 30.5 Å². The van der Waals surface area contributed by atoms with Gasteiger partial charge in [0.25, 0.3) is 0 Å². The van der Waals surface area contributed by atoms with E-state index < -0.39 is 5.92 Å². The normalized spacial score (nSPS) is 18.4.